The van der Waals surface area contributed by atoms with Crippen LogP contribution in [-0.2, 0) is 5.88 Å². The van der Waals surface area contributed by atoms with Crippen LogP contribution in [0.5, 0.6) is 5.75 Å². The van der Waals surface area contributed by atoms with Crippen molar-refractivity contribution < 1.29 is 4.74 Å². The fourth-order valence-corrected chi connectivity index (χ4v) is 3.03. The summed E-state index contributed by atoms with van der Waals surface area (Å²) in [5, 5.41) is 0.631. The summed E-state index contributed by atoms with van der Waals surface area (Å²) < 4.78 is 8.26. The van der Waals surface area contributed by atoms with Gasteiger partial charge in [0.2, 0.25) is 0 Å². The third-order valence-electron chi connectivity index (χ3n) is 3.21. The van der Waals surface area contributed by atoms with Gasteiger partial charge in [-0.15, -0.1) is 11.6 Å². The summed E-state index contributed by atoms with van der Waals surface area (Å²) in [6, 6.07) is 11.4. The highest BCUT2D eigenvalue weighted by Crippen LogP contribution is 2.33. The minimum atomic E-state index is 0.278. The first-order chi connectivity index (χ1) is 10.2. The Bertz CT molecular complexity index is 817. The molecule has 108 valence electrons. The number of benzene rings is 2. The molecule has 21 heavy (non-hydrogen) atoms. The number of alkyl halides is 1. The first-order valence-electron chi connectivity index (χ1n) is 6.21. The fraction of sp³-hybridized carbons (Fsp3) is 0.133. The Morgan fingerprint density at radius 1 is 1.29 bits per heavy atom. The highest BCUT2D eigenvalue weighted by atomic mass is 79.9. The minimum Gasteiger partial charge on any atom is -0.494 e. The Labute approximate surface area is 140 Å². The van der Waals surface area contributed by atoms with Gasteiger partial charge in [0.25, 0.3) is 0 Å². The summed E-state index contributed by atoms with van der Waals surface area (Å²) in [5.74, 6) is 1.71. The maximum Gasteiger partial charge on any atom is 0.146 e. The third kappa shape index (κ3) is 2.52. The van der Waals surface area contributed by atoms with E-state index in [0.29, 0.717) is 10.8 Å². The monoisotopic (exact) mass is 384 g/mol. The molecule has 6 heteroatoms. The zero-order chi connectivity index (χ0) is 15.0. The molecule has 1 aromatic heterocycles. The van der Waals surface area contributed by atoms with Gasteiger partial charge < -0.3 is 4.74 Å². The molecule has 3 nitrogen and oxygen atoms in total. The smallest absolute Gasteiger partial charge is 0.146 e. The van der Waals surface area contributed by atoms with Crippen LogP contribution in [0, 0.1) is 0 Å². The predicted octanol–water partition coefficient (Wildman–Crippen LogP) is 5.19. The normalized spacial score (nSPS) is 11.0. The second-order valence-electron chi connectivity index (χ2n) is 4.42. The van der Waals surface area contributed by atoms with Crippen LogP contribution in [0.2, 0.25) is 5.02 Å². The van der Waals surface area contributed by atoms with Crippen molar-refractivity contribution in [2.24, 2.45) is 0 Å². The zero-order valence-corrected chi connectivity index (χ0v) is 14.2. The molecule has 2 aromatic carbocycles. The summed E-state index contributed by atoms with van der Waals surface area (Å²) >= 11 is 15.9. The second kappa shape index (κ2) is 5.87. The molecule has 0 saturated heterocycles. The van der Waals surface area contributed by atoms with Crippen molar-refractivity contribution in [3.05, 3.63) is 51.7 Å². The molecule has 0 aliphatic rings. The lowest BCUT2D eigenvalue weighted by Crippen LogP contribution is -2.00. The van der Waals surface area contributed by atoms with Crippen LogP contribution in [0.1, 0.15) is 5.82 Å². The topological polar surface area (TPSA) is 27.1 Å². The van der Waals surface area contributed by atoms with E-state index in [4.69, 9.17) is 27.9 Å². The first kappa shape index (κ1) is 14.7. The van der Waals surface area contributed by atoms with Gasteiger partial charge in [0.1, 0.15) is 17.1 Å². The van der Waals surface area contributed by atoms with Crippen molar-refractivity contribution in [1.29, 1.82) is 0 Å². The molecule has 0 aliphatic heterocycles. The van der Waals surface area contributed by atoms with Gasteiger partial charge in [0.05, 0.1) is 29.2 Å². The summed E-state index contributed by atoms with van der Waals surface area (Å²) in [6.45, 7) is 0. The number of rotatable bonds is 3. The van der Waals surface area contributed by atoms with Crippen LogP contribution >= 0.6 is 39.1 Å². The van der Waals surface area contributed by atoms with E-state index in [1.807, 2.05) is 41.0 Å². The van der Waals surface area contributed by atoms with Gasteiger partial charge >= 0.3 is 0 Å². The van der Waals surface area contributed by atoms with Crippen molar-refractivity contribution in [2.45, 2.75) is 5.88 Å². The highest BCUT2D eigenvalue weighted by molar-refractivity contribution is 9.10. The van der Waals surface area contributed by atoms with Crippen molar-refractivity contribution in [3.63, 3.8) is 0 Å². The van der Waals surface area contributed by atoms with Crippen LogP contribution in [0.15, 0.2) is 40.9 Å². The summed E-state index contributed by atoms with van der Waals surface area (Å²) in [7, 11) is 1.63. The van der Waals surface area contributed by atoms with E-state index >= 15 is 0 Å². The lowest BCUT2D eigenvalue weighted by molar-refractivity contribution is 0.419. The lowest BCUT2D eigenvalue weighted by atomic mass is 10.2. The van der Waals surface area contributed by atoms with Gasteiger partial charge in [0.15, 0.2) is 0 Å². The fourth-order valence-electron chi connectivity index (χ4n) is 2.30. The maximum absolute atomic E-state index is 6.35. The first-order valence-corrected chi connectivity index (χ1v) is 7.92. The Morgan fingerprint density at radius 3 is 2.81 bits per heavy atom. The maximum atomic E-state index is 6.35. The van der Waals surface area contributed by atoms with Crippen molar-refractivity contribution in [3.8, 4) is 11.4 Å². The molecule has 0 spiro atoms. The highest BCUT2D eigenvalue weighted by Gasteiger charge is 2.16. The average Bonchev–Trinajstić information content (AvgIpc) is 2.88. The molecule has 0 unspecified atom stereocenters. The van der Waals surface area contributed by atoms with Crippen LogP contribution in [0.4, 0.5) is 0 Å². The van der Waals surface area contributed by atoms with E-state index in [9.17, 15) is 0 Å². The zero-order valence-electron chi connectivity index (χ0n) is 11.1. The van der Waals surface area contributed by atoms with Gasteiger partial charge in [-0.2, -0.15) is 0 Å². The van der Waals surface area contributed by atoms with E-state index in [0.717, 1.165) is 27.0 Å². The minimum absolute atomic E-state index is 0.278. The molecule has 0 amide bonds. The van der Waals surface area contributed by atoms with Gasteiger partial charge in [-0.3, -0.25) is 4.57 Å². The molecule has 0 N–H and O–H groups in total. The summed E-state index contributed by atoms with van der Waals surface area (Å²) in [6.07, 6.45) is 0. The third-order valence-corrected chi connectivity index (χ3v) is 4.26. The molecule has 0 aliphatic carbocycles. The van der Waals surface area contributed by atoms with Crippen LogP contribution in [0.3, 0.4) is 0 Å². The SMILES string of the molecule is COc1cccc2c1nc(CCl)n2-c1cc(Br)ccc1Cl. The van der Waals surface area contributed by atoms with E-state index in [2.05, 4.69) is 20.9 Å². The Balaban J connectivity index is 2.38. The van der Waals surface area contributed by atoms with Crippen molar-refractivity contribution >= 4 is 50.2 Å². The molecule has 0 atom stereocenters. The van der Waals surface area contributed by atoms with Crippen molar-refractivity contribution in [1.82, 2.24) is 9.55 Å². The van der Waals surface area contributed by atoms with Crippen molar-refractivity contribution in [2.75, 3.05) is 7.11 Å². The molecule has 3 rings (SSSR count). The van der Waals surface area contributed by atoms with Crippen LogP contribution in [0.25, 0.3) is 16.7 Å². The number of hydrogen-bond acceptors (Lipinski definition) is 2. The number of hydrogen-bond donors (Lipinski definition) is 0. The van der Waals surface area contributed by atoms with Crippen LogP contribution < -0.4 is 4.74 Å². The van der Waals surface area contributed by atoms with Gasteiger partial charge in [-0.1, -0.05) is 33.6 Å². The van der Waals surface area contributed by atoms with Crippen LogP contribution in [-0.4, -0.2) is 16.7 Å². The standard InChI is InChI=1S/C15H11BrCl2N2O/c1-21-13-4-2-3-11-15(13)19-14(8-17)20(11)12-7-9(16)5-6-10(12)18/h2-7H,8H2,1H3. The largest absolute Gasteiger partial charge is 0.494 e. The van der Waals surface area contributed by atoms with E-state index in [1.165, 1.54) is 0 Å². The average molecular weight is 386 g/mol. The Kier molecular flexibility index (Phi) is 4.11. The molecular formula is C15H11BrCl2N2O. The number of para-hydroxylation sites is 1. The van der Waals surface area contributed by atoms with Gasteiger partial charge in [-0.05, 0) is 30.3 Å². The quantitative estimate of drug-likeness (QED) is 0.580. The lowest BCUT2D eigenvalue weighted by Gasteiger charge is -2.10. The molecular weight excluding hydrogens is 375 g/mol. The van der Waals surface area contributed by atoms with E-state index in [-0.39, 0.29) is 5.88 Å². The number of halogens is 3. The number of imidazole rings is 1. The number of aromatic nitrogens is 2. The van der Waals surface area contributed by atoms with E-state index < -0.39 is 0 Å². The molecule has 0 bridgehead atoms. The predicted molar refractivity (Wildman–Crippen MR) is 89.9 cm³/mol. The Hall–Kier alpha value is -1.23. The molecule has 0 radical (unpaired) electrons. The molecule has 1 heterocycles. The second-order valence-corrected chi connectivity index (χ2v) is 6.01. The summed E-state index contributed by atoms with van der Waals surface area (Å²) in [5.41, 5.74) is 2.51. The molecule has 3 aromatic rings. The number of nitrogens with zero attached hydrogens (tertiary/aromatic N) is 2. The number of methoxy groups -OCH3 is 1. The molecule has 0 saturated carbocycles. The van der Waals surface area contributed by atoms with E-state index in [1.54, 1.807) is 7.11 Å². The Morgan fingerprint density at radius 2 is 2.10 bits per heavy atom. The number of ether oxygens (including phenoxy) is 1. The van der Waals surface area contributed by atoms with Gasteiger partial charge in [0, 0.05) is 4.47 Å². The molecule has 0 fully saturated rings. The summed E-state index contributed by atoms with van der Waals surface area (Å²) in [4.78, 5) is 4.58. The van der Waals surface area contributed by atoms with Gasteiger partial charge in [-0.25, -0.2) is 4.98 Å². The number of fused-ring (bicyclic) bond motifs is 1.